The Labute approximate surface area is 196 Å². The molecule has 2 fully saturated rings. The molecule has 0 bridgehead atoms. The van der Waals surface area contributed by atoms with Crippen molar-refractivity contribution in [3.05, 3.63) is 60.3 Å². The number of amides is 3. The molecule has 8 nitrogen and oxygen atoms in total. The first-order valence-electron chi connectivity index (χ1n) is 11.4. The Morgan fingerprint density at radius 2 is 1.82 bits per heavy atom. The molecule has 1 aromatic heterocycles. The molecule has 2 aromatic carbocycles. The maximum Gasteiger partial charge on any atom is 0.308 e. The number of hydrogen-bond acceptors (Lipinski definition) is 5. The Morgan fingerprint density at radius 1 is 1.09 bits per heavy atom. The van der Waals surface area contributed by atoms with Crippen molar-refractivity contribution in [2.24, 2.45) is 5.92 Å². The van der Waals surface area contributed by atoms with E-state index in [-0.39, 0.29) is 24.2 Å². The van der Waals surface area contributed by atoms with Crippen molar-refractivity contribution < 1.29 is 23.9 Å². The summed E-state index contributed by atoms with van der Waals surface area (Å²) < 4.78 is 5.02. The largest absolute Gasteiger partial charge is 0.427 e. The van der Waals surface area contributed by atoms with E-state index in [1.807, 2.05) is 30.5 Å². The fourth-order valence-electron chi connectivity index (χ4n) is 4.52. The number of aromatic nitrogens is 1. The number of nitrogens with one attached hydrogen (secondary N) is 1. The van der Waals surface area contributed by atoms with Crippen LogP contribution in [0.4, 0.5) is 5.69 Å². The minimum absolute atomic E-state index is 0.0448. The van der Waals surface area contributed by atoms with E-state index in [1.165, 1.54) is 19.1 Å². The molecule has 5 rings (SSSR count). The van der Waals surface area contributed by atoms with Gasteiger partial charge < -0.3 is 14.6 Å². The van der Waals surface area contributed by atoms with E-state index in [1.54, 1.807) is 17.0 Å². The molecule has 34 heavy (non-hydrogen) atoms. The van der Waals surface area contributed by atoms with Gasteiger partial charge in [-0.05, 0) is 55.2 Å². The number of anilines is 1. The van der Waals surface area contributed by atoms with Crippen LogP contribution in [0.1, 0.15) is 31.7 Å². The first-order valence-corrected chi connectivity index (χ1v) is 11.4. The van der Waals surface area contributed by atoms with Crippen molar-refractivity contribution in [1.82, 2.24) is 9.88 Å². The van der Waals surface area contributed by atoms with Gasteiger partial charge in [0.25, 0.3) is 5.91 Å². The quantitative estimate of drug-likeness (QED) is 0.332. The second-order valence-electron chi connectivity index (χ2n) is 8.79. The lowest BCUT2D eigenvalue weighted by atomic mass is 10.1. The minimum atomic E-state index is -0.820. The van der Waals surface area contributed by atoms with Gasteiger partial charge in [0.2, 0.25) is 11.8 Å². The fraction of sp³-hybridized carbons (Fsp3) is 0.308. The molecule has 3 amide bonds. The third-order valence-corrected chi connectivity index (χ3v) is 6.36. The molecule has 1 atom stereocenters. The van der Waals surface area contributed by atoms with Gasteiger partial charge in [-0.1, -0.05) is 18.2 Å². The van der Waals surface area contributed by atoms with Gasteiger partial charge in [0.15, 0.2) is 0 Å². The van der Waals surface area contributed by atoms with Crippen LogP contribution < -0.4 is 9.64 Å². The number of rotatable bonds is 7. The van der Waals surface area contributed by atoms with Crippen molar-refractivity contribution in [3.8, 4) is 5.75 Å². The van der Waals surface area contributed by atoms with Crippen LogP contribution in [0.2, 0.25) is 0 Å². The summed E-state index contributed by atoms with van der Waals surface area (Å²) in [6.07, 6.45) is 4.11. The molecule has 1 saturated carbocycles. The van der Waals surface area contributed by atoms with E-state index < -0.39 is 17.9 Å². The van der Waals surface area contributed by atoms with Gasteiger partial charge in [-0.3, -0.25) is 19.2 Å². The maximum atomic E-state index is 13.4. The standard InChI is InChI=1S/C26H25N3O5/c1-16(30)34-20-10-8-19(9-11-20)29-24(31)14-23(26(29)33)28(25(32)17-6-7-17)13-12-18-15-27-22-5-3-2-4-21(18)22/h2-5,8-11,15,17,23,27H,6-7,12-14H2,1H3. The summed E-state index contributed by atoms with van der Waals surface area (Å²) in [4.78, 5) is 56.5. The number of para-hydroxylation sites is 1. The highest BCUT2D eigenvalue weighted by atomic mass is 16.5. The number of esters is 1. The summed E-state index contributed by atoms with van der Waals surface area (Å²) >= 11 is 0. The van der Waals surface area contributed by atoms with E-state index >= 15 is 0 Å². The summed E-state index contributed by atoms with van der Waals surface area (Å²) in [5.74, 6) is -1.00. The summed E-state index contributed by atoms with van der Waals surface area (Å²) in [7, 11) is 0. The summed E-state index contributed by atoms with van der Waals surface area (Å²) in [5.41, 5.74) is 2.48. The van der Waals surface area contributed by atoms with Crippen LogP contribution in [0.3, 0.4) is 0 Å². The molecule has 1 unspecified atom stereocenters. The molecule has 0 spiro atoms. The monoisotopic (exact) mass is 459 g/mol. The van der Waals surface area contributed by atoms with Crippen molar-refractivity contribution in [2.45, 2.75) is 38.6 Å². The topological polar surface area (TPSA) is 99.8 Å². The number of benzene rings is 2. The third-order valence-electron chi connectivity index (χ3n) is 6.36. The maximum absolute atomic E-state index is 13.4. The van der Waals surface area contributed by atoms with E-state index in [9.17, 15) is 19.2 Å². The van der Waals surface area contributed by atoms with Gasteiger partial charge in [0.1, 0.15) is 11.8 Å². The average molecular weight is 460 g/mol. The van der Waals surface area contributed by atoms with E-state index in [2.05, 4.69) is 4.98 Å². The smallest absolute Gasteiger partial charge is 0.308 e. The molecule has 8 heteroatoms. The van der Waals surface area contributed by atoms with Crippen LogP contribution in [0.15, 0.2) is 54.7 Å². The van der Waals surface area contributed by atoms with Crippen LogP contribution in [-0.2, 0) is 25.6 Å². The predicted molar refractivity (Wildman–Crippen MR) is 125 cm³/mol. The van der Waals surface area contributed by atoms with Gasteiger partial charge in [-0.15, -0.1) is 0 Å². The molecule has 1 aliphatic carbocycles. The molecule has 0 radical (unpaired) electrons. The zero-order valence-electron chi connectivity index (χ0n) is 18.8. The Hall–Kier alpha value is -3.94. The van der Waals surface area contributed by atoms with E-state index in [0.29, 0.717) is 24.4 Å². The van der Waals surface area contributed by atoms with Crippen LogP contribution in [0.5, 0.6) is 5.75 Å². The fourth-order valence-corrected chi connectivity index (χ4v) is 4.52. The number of carbonyl (C=O) groups is 4. The molecule has 1 saturated heterocycles. The molecular formula is C26H25N3O5. The second-order valence-corrected chi connectivity index (χ2v) is 8.79. The van der Waals surface area contributed by atoms with E-state index in [4.69, 9.17) is 4.74 Å². The second kappa shape index (κ2) is 8.78. The molecule has 1 N–H and O–H groups in total. The molecule has 2 heterocycles. The SMILES string of the molecule is CC(=O)Oc1ccc(N2C(=O)CC(N(CCc3c[nH]c4ccccc34)C(=O)C3CC3)C2=O)cc1. The van der Waals surface area contributed by atoms with Crippen molar-refractivity contribution in [3.63, 3.8) is 0 Å². The Kier molecular flexibility index (Phi) is 5.65. The zero-order chi connectivity index (χ0) is 23.8. The first-order chi connectivity index (χ1) is 16.4. The van der Waals surface area contributed by atoms with Crippen molar-refractivity contribution in [2.75, 3.05) is 11.4 Å². The first kappa shape index (κ1) is 21.9. The molecule has 2 aliphatic rings. The highest BCUT2D eigenvalue weighted by Crippen LogP contribution is 2.34. The summed E-state index contributed by atoms with van der Waals surface area (Å²) in [6.45, 7) is 1.66. The van der Waals surface area contributed by atoms with Gasteiger partial charge in [0.05, 0.1) is 12.1 Å². The normalized spacial score (nSPS) is 17.9. The lowest BCUT2D eigenvalue weighted by Gasteiger charge is -2.28. The average Bonchev–Trinajstić information content (AvgIpc) is 3.53. The number of nitrogens with zero attached hydrogens (tertiary/aromatic N) is 2. The molecule has 1 aliphatic heterocycles. The number of aromatic amines is 1. The van der Waals surface area contributed by atoms with Crippen LogP contribution >= 0.6 is 0 Å². The molecule has 174 valence electrons. The Bertz CT molecular complexity index is 1280. The third kappa shape index (κ3) is 4.19. The zero-order valence-corrected chi connectivity index (χ0v) is 18.8. The lowest BCUT2D eigenvalue weighted by molar-refractivity contribution is -0.139. The number of hydrogen-bond donors (Lipinski definition) is 1. The van der Waals surface area contributed by atoms with E-state index in [0.717, 1.165) is 34.2 Å². The van der Waals surface area contributed by atoms with Crippen molar-refractivity contribution >= 4 is 40.3 Å². The van der Waals surface area contributed by atoms with Gasteiger partial charge >= 0.3 is 5.97 Å². The number of imide groups is 1. The number of ether oxygens (including phenoxy) is 1. The summed E-state index contributed by atoms with van der Waals surface area (Å²) in [6, 6.07) is 13.3. The molecule has 3 aromatic rings. The lowest BCUT2D eigenvalue weighted by Crippen LogP contribution is -2.47. The number of fused-ring (bicyclic) bond motifs is 1. The van der Waals surface area contributed by atoms with Gasteiger partial charge in [-0.25, -0.2) is 4.90 Å². The van der Waals surface area contributed by atoms with Gasteiger partial charge in [0, 0.05) is 36.5 Å². The predicted octanol–water partition coefficient (Wildman–Crippen LogP) is 3.21. The number of H-pyrrole nitrogens is 1. The Morgan fingerprint density at radius 3 is 2.53 bits per heavy atom. The van der Waals surface area contributed by atoms with Crippen LogP contribution in [0, 0.1) is 5.92 Å². The van der Waals surface area contributed by atoms with Crippen molar-refractivity contribution in [1.29, 1.82) is 0 Å². The molecular weight excluding hydrogens is 434 g/mol. The summed E-state index contributed by atoms with van der Waals surface area (Å²) in [5, 5.41) is 1.09. The highest BCUT2D eigenvalue weighted by molar-refractivity contribution is 6.23. The van der Waals surface area contributed by atoms with Crippen LogP contribution in [0.25, 0.3) is 10.9 Å². The Balaban J connectivity index is 1.36. The van der Waals surface area contributed by atoms with Crippen LogP contribution in [-0.4, -0.2) is 46.2 Å². The minimum Gasteiger partial charge on any atom is -0.427 e. The number of carbonyl (C=O) groups excluding carboxylic acids is 4. The highest BCUT2D eigenvalue weighted by Gasteiger charge is 2.46. The van der Waals surface area contributed by atoms with Gasteiger partial charge in [-0.2, -0.15) is 0 Å².